The average Bonchev–Trinajstić information content (AvgIpc) is 2.83. The molecule has 2 fully saturated rings. The monoisotopic (exact) mass is 482 g/mol. The van der Waals surface area contributed by atoms with Crippen molar-refractivity contribution in [2.45, 2.75) is 52.4 Å². The molecule has 0 saturated carbocycles. The van der Waals surface area contributed by atoms with Crippen LogP contribution in [0, 0.1) is 10.8 Å². The fraction of sp³-hybridized carbons (Fsp3) is 0.600. The Hall–Kier alpha value is -1.92. The van der Waals surface area contributed by atoms with Crippen molar-refractivity contribution in [3.63, 3.8) is 0 Å². The summed E-state index contributed by atoms with van der Waals surface area (Å²) in [5, 5.41) is 0. The van der Waals surface area contributed by atoms with Crippen molar-refractivity contribution in [1.82, 2.24) is 0 Å². The van der Waals surface area contributed by atoms with Crippen molar-refractivity contribution in [2.75, 3.05) is 52.9 Å². The third-order valence-corrected chi connectivity index (χ3v) is 7.88. The first-order valence-corrected chi connectivity index (χ1v) is 13.3. The Morgan fingerprint density at radius 2 is 1.06 bits per heavy atom. The molecule has 5 heteroatoms. The lowest BCUT2D eigenvalue weighted by molar-refractivity contribution is -0.127. The van der Waals surface area contributed by atoms with Crippen molar-refractivity contribution in [3.8, 4) is 11.5 Å². The van der Waals surface area contributed by atoms with Gasteiger partial charge in [-0.1, -0.05) is 50.2 Å². The highest BCUT2D eigenvalue weighted by molar-refractivity contribution is 5.41. The topological polar surface area (TPSA) is 46.2 Å². The van der Waals surface area contributed by atoms with Gasteiger partial charge in [0.2, 0.25) is 0 Å². The van der Waals surface area contributed by atoms with Gasteiger partial charge in [0, 0.05) is 24.0 Å². The van der Waals surface area contributed by atoms with Crippen LogP contribution in [0.2, 0.25) is 0 Å². The van der Waals surface area contributed by atoms with Crippen molar-refractivity contribution >= 4 is 0 Å². The molecular formula is C30H42O5. The summed E-state index contributed by atoms with van der Waals surface area (Å²) in [5.41, 5.74) is 3.03. The van der Waals surface area contributed by atoms with Crippen molar-refractivity contribution in [2.24, 2.45) is 10.8 Å². The zero-order valence-corrected chi connectivity index (χ0v) is 21.6. The van der Waals surface area contributed by atoms with E-state index < -0.39 is 0 Å². The molecule has 0 aliphatic carbocycles. The van der Waals surface area contributed by atoms with E-state index in [1.165, 1.54) is 11.1 Å². The van der Waals surface area contributed by atoms with Crippen LogP contribution >= 0.6 is 0 Å². The lowest BCUT2D eigenvalue weighted by atomic mass is 9.80. The van der Waals surface area contributed by atoms with Crippen LogP contribution in [0.4, 0.5) is 0 Å². The Labute approximate surface area is 211 Å². The molecule has 4 rings (SSSR count). The van der Waals surface area contributed by atoms with Gasteiger partial charge < -0.3 is 23.7 Å². The highest BCUT2D eigenvalue weighted by Crippen LogP contribution is 2.36. The summed E-state index contributed by atoms with van der Waals surface area (Å²) in [4.78, 5) is 0. The van der Waals surface area contributed by atoms with Gasteiger partial charge in [-0.05, 0) is 61.8 Å². The summed E-state index contributed by atoms with van der Waals surface area (Å²) in [5.74, 6) is 1.80. The summed E-state index contributed by atoms with van der Waals surface area (Å²) in [6.07, 6.45) is 6.13. The van der Waals surface area contributed by atoms with E-state index in [1.54, 1.807) is 0 Å². The number of rotatable bonds is 16. The fourth-order valence-corrected chi connectivity index (χ4v) is 4.72. The predicted molar refractivity (Wildman–Crippen MR) is 138 cm³/mol. The van der Waals surface area contributed by atoms with Crippen LogP contribution in [0.3, 0.4) is 0 Å². The van der Waals surface area contributed by atoms with Crippen LogP contribution in [0.25, 0.3) is 0 Å². The van der Waals surface area contributed by atoms with Gasteiger partial charge in [0.05, 0.1) is 39.6 Å². The van der Waals surface area contributed by atoms with Gasteiger partial charge in [-0.25, -0.2) is 0 Å². The van der Waals surface area contributed by atoms with Crippen LogP contribution in [0.15, 0.2) is 48.5 Å². The Kier molecular flexibility index (Phi) is 9.61. The minimum Gasteiger partial charge on any atom is -0.457 e. The third-order valence-electron chi connectivity index (χ3n) is 7.88. The maximum Gasteiger partial charge on any atom is 0.130 e. The summed E-state index contributed by atoms with van der Waals surface area (Å²) in [6, 6.07) is 16.5. The lowest BCUT2D eigenvalue weighted by Crippen LogP contribution is -2.42. The predicted octanol–water partition coefficient (Wildman–Crippen LogP) is 6.23. The number of hydrogen-bond acceptors (Lipinski definition) is 5. The van der Waals surface area contributed by atoms with Crippen molar-refractivity contribution in [1.29, 1.82) is 0 Å². The van der Waals surface area contributed by atoms with E-state index in [-0.39, 0.29) is 0 Å². The van der Waals surface area contributed by atoms with E-state index >= 15 is 0 Å². The molecule has 0 spiro atoms. The van der Waals surface area contributed by atoms with Gasteiger partial charge in [0.1, 0.15) is 11.5 Å². The first-order chi connectivity index (χ1) is 17.2. The maximum absolute atomic E-state index is 6.41. The van der Waals surface area contributed by atoms with Gasteiger partial charge in [-0.3, -0.25) is 0 Å². The number of para-hydroxylation sites is 2. The average molecular weight is 483 g/mol. The zero-order chi connectivity index (χ0) is 24.4. The van der Waals surface area contributed by atoms with Gasteiger partial charge >= 0.3 is 0 Å². The highest BCUT2D eigenvalue weighted by atomic mass is 16.5. The van der Waals surface area contributed by atoms with Gasteiger partial charge in [-0.15, -0.1) is 0 Å². The molecule has 0 bridgehead atoms. The van der Waals surface area contributed by atoms with Crippen LogP contribution in [-0.2, 0) is 31.8 Å². The molecule has 2 aliphatic heterocycles. The minimum atomic E-state index is 0.345. The Balaban J connectivity index is 1.23. The maximum atomic E-state index is 6.41. The molecule has 2 saturated heterocycles. The van der Waals surface area contributed by atoms with Gasteiger partial charge in [0.15, 0.2) is 0 Å². The standard InChI is InChI=1S/C30H42O5/c1-3-29(21-33-22-29)15-19-31-17-13-25-9-5-7-11-27(25)35-28-12-8-6-10-26(28)14-18-32-20-16-30(4-2)23-34-24-30/h5-12H,3-4,13-24H2,1-2H3. The molecule has 5 nitrogen and oxygen atoms in total. The number of benzene rings is 2. The normalized spacial score (nSPS) is 18.0. The molecule has 0 amide bonds. The van der Waals surface area contributed by atoms with Crippen LogP contribution in [0.5, 0.6) is 11.5 Å². The highest BCUT2D eigenvalue weighted by Gasteiger charge is 2.36. The Bertz CT molecular complexity index is 819. The number of hydrogen-bond donors (Lipinski definition) is 0. The SMILES string of the molecule is CCC1(CCOCCc2ccccc2Oc2ccccc2CCOCCC2(CC)COC2)COC1. The summed E-state index contributed by atoms with van der Waals surface area (Å²) in [7, 11) is 0. The molecule has 2 aliphatic rings. The van der Waals surface area contributed by atoms with E-state index in [1.807, 2.05) is 24.3 Å². The van der Waals surface area contributed by atoms with Crippen molar-refractivity contribution in [3.05, 3.63) is 59.7 Å². The molecule has 2 heterocycles. The molecule has 192 valence electrons. The van der Waals surface area contributed by atoms with E-state index in [2.05, 4.69) is 38.1 Å². The second-order valence-electron chi connectivity index (χ2n) is 10.2. The zero-order valence-electron chi connectivity index (χ0n) is 21.6. The van der Waals surface area contributed by atoms with E-state index in [0.29, 0.717) is 24.0 Å². The summed E-state index contributed by atoms with van der Waals surface area (Å²) < 4.78 is 29.2. The molecule has 35 heavy (non-hydrogen) atoms. The molecule has 2 aromatic rings. The van der Waals surface area contributed by atoms with Gasteiger partial charge in [-0.2, -0.15) is 0 Å². The molecule has 0 atom stereocenters. The first-order valence-electron chi connectivity index (χ1n) is 13.3. The van der Waals surface area contributed by atoms with E-state index in [0.717, 1.165) is 89.7 Å². The van der Waals surface area contributed by atoms with Crippen molar-refractivity contribution < 1.29 is 23.7 Å². The smallest absolute Gasteiger partial charge is 0.130 e. The largest absolute Gasteiger partial charge is 0.457 e. The van der Waals surface area contributed by atoms with Crippen LogP contribution in [-0.4, -0.2) is 52.9 Å². The molecule has 2 aromatic carbocycles. The quantitative estimate of drug-likeness (QED) is 0.265. The molecule has 0 radical (unpaired) electrons. The molecular weight excluding hydrogens is 440 g/mol. The van der Waals surface area contributed by atoms with Gasteiger partial charge in [0.25, 0.3) is 0 Å². The van der Waals surface area contributed by atoms with E-state index in [9.17, 15) is 0 Å². The summed E-state index contributed by atoms with van der Waals surface area (Å²) in [6.45, 7) is 11.0. The summed E-state index contributed by atoms with van der Waals surface area (Å²) >= 11 is 0. The molecule has 0 aromatic heterocycles. The van der Waals surface area contributed by atoms with Crippen LogP contribution in [0.1, 0.15) is 50.7 Å². The second kappa shape index (κ2) is 12.9. The Morgan fingerprint density at radius 1 is 0.629 bits per heavy atom. The first kappa shape index (κ1) is 26.2. The number of ether oxygens (including phenoxy) is 5. The fourth-order valence-electron chi connectivity index (χ4n) is 4.72. The molecule has 0 N–H and O–H groups in total. The minimum absolute atomic E-state index is 0.345. The lowest BCUT2D eigenvalue weighted by Gasteiger charge is -2.40. The van der Waals surface area contributed by atoms with Crippen LogP contribution < -0.4 is 4.74 Å². The third kappa shape index (κ3) is 7.07. The Morgan fingerprint density at radius 3 is 1.43 bits per heavy atom. The van der Waals surface area contributed by atoms with E-state index in [4.69, 9.17) is 23.7 Å². The second-order valence-corrected chi connectivity index (χ2v) is 10.2. The molecule has 0 unspecified atom stereocenters.